The third-order valence-corrected chi connectivity index (χ3v) is 8.33. The van der Waals surface area contributed by atoms with Gasteiger partial charge in [-0.25, -0.2) is 14.2 Å². The van der Waals surface area contributed by atoms with Gasteiger partial charge in [0.25, 0.3) is 0 Å². The molecule has 0 saturated carbocycles. The summed E-state index contributed by atoms with van der Waals surface area (Å²) < 4.78 is 34.5. The molecule has 10 heteroatoms. The van der Waals surface area contributed by atoms with E-state index in [1.807, 2.05) is 70.2 Å². The number of aryl methyl sites for hydroxylation is 1. The number of aromatic nitrogens is 3. The van der Waals surface area contributed by atoms with E-state index in [9.17, 15) is 14.3 Å². The van der Waals surface area contributed by atoms with Crippen LogP contribution in [0, 0.1) is 12.7 Å². The lowest BCUT2D eigenvalue weighted by atomic mass is 9.92. The van der Waals surface area contributed by atoms with E-state index in [1.165, 1.54) is 12.1 Å². The van der Waals surface area contributed by atoms with E-state index in [1.54, 1.807) is 10.6 Å². The van der Waals surface area contributed by atoms with Gasteiger partial charge in [0, 0.05) is 42.0 Å². The van der Waals surface area contributed by atoms with E-state index in [0.29, 0.717) is 53.9 Å². The molecular formula is C35H39FN4O5. The van der Waals surface area contributed by atoms with Crippen molar-refractivity contribution in [2.45, 2.75) is 64.8 Å². The zero-order valence-corrected chi connectivity index (χ0v) is 26.3. The molecule has 0 unspecified atom stereocenters. The zero-order chi connectivity index (χ0) is 31.9. The molecule has 45 heavy (non-hydrogen) atoms. The third-order valence-electron chi connectivity index (χ3n) is 8.33. The molecule has 3 aliphatic rings. The molecule has 1 fully saturated rings. The number of anilines is 1. The Bertz CT molecular complexity index is 1770. The topological polar surface area (TPSA) is 98.4 Å². The number of ether oxygens (including phenoxy) is 3. The molecule has 7 rings (SSSR count). The van der Waals surface area contributed by atoms with Gasteiger partial charge in [0.05, 0.1) is 29.1 Å². The first-order valence-corrected chi connectivity index (χ1v) is 15.3. The number of fused-ring (bicyclic) bond motifs is 6. The maximum absolute atomic E-state index is 14.3. The lowest BCUT2D eigenvalue weighted by molar-refractivity contribution is -0.160. The predicted molar refractivity (Wildman–Crippen MR) is 170 cm³/mol. The van der Waals surface area contributed by atoms with Crippen molar-refractivity contribution in [2.75, 3.05) is 31.2 Å². The first kappa shape index (κ1) is 30.7. The molecule has 4 aromatic rings. The molecule has 236 valence electrons. The average molecular weight is 615 g/mol. The molecule has 1 saturated heterocycles. The van der Waals surface area contributed by atoms with Crippen LogP contribution in [0.1, 0.15) is 57.9 Å². The predicted octanol–water partition coefficient (Wildman–Crippen LogP) is 6.78. The largest absolute Gasteiger partial charge is 0.489 e. The molecule has 0 amide bonds. The van der Waals surface area contributed by atoms with Crippen LogP contribution in [-0.2, 0) is 14.3 Å². The molecule has 0 aliphatic carbocycles. The molecule has 3 aliphatic heterocycles. The van der Waals surface area contributed by atoms with E-state index >= 15 is 0 Å². The number of rotatable bonds is 3. The highest BCUT2D eigenvalue weighted by Crippen LogP contribution is 2.39. The normalized spacial score (nSPS) is 18.0. The molecular weight excluding hydrogens is 575 g/mol. The van der Waals surface area contributed by atoms with Crippen molar-refractivity contribution in [3.05, 3.63) is 77.8 Å². The second-order valence-corrected chi connectivity index (χ2v) is 12.9. The Morgan fingerprint density at radius 1 is 1.07 bits per heavy atom. The lowest BCUT2D eigenvalue weighted by Gasteiger charge is -2.41. The molecule has 1 atom stereocenters. The van der Waals surface area contributed by atoms with Crippen LogP contribution in [0.25, 0.3) is 28.0 Å². The van der Waals surface area contributed by atoms with Crippen molar-refractivity contribution in [3.63, 3.8) is 0 Å². The van der Waals surface area contributed by atoms with Crippen molar-refractivity contribution in [2.24, 2.45) is 0 Å². The smallest absolute Gasteiger partial charge is 0.337 e. The van der Waals surface area contributed by atoms with Crippen molar-refractivity contribution < 1.29 is 28.5 Å². The van der Waals surface area contributed by atoms with Crippen molar-refractivity contribution in [1.82, 2.24) is 14.6 Å². The summed E-state index contributed by atoms with van der Waals surface area (Å²) in [5.41, 5.74) is 3.66. The summed E-state index contributed by atoms with van der Waals surface area (Å²) in [4.78, 5) is 19.8. The Balaban J connectivity index is 1.55. The maximum Gasteiger partial charge on any atom is 0.337 e. The van der Waals surface area contributed by atoms with E-state index in [0.717, 1.165) is 29.5 Å². The number of nitrogens with zero attached hydrogens (tertiary/aromatic N) is 4. The number of halogens is 1. The van der Waals surface area contributed by atoms with Gasteiger partial charge >= 0.3 is 5.97 Å². The number of hydrogen-bond acceptors (Lipinski definition) is 7. The van der Waals surface area contributed by atoms with Gasteiger partial charge in [-0.05, 0) is 77.3 Å². The number of benzene rings is 2. The molecule has 0 spiro atoms. The fraction of sp³-hybridized carbons (Fsp3) is 0.400. The van der Waals surface area contributed by atoms with Gasteiger partial charge in [-0.2, -0.15) is 9.61 Å². The summed E-state index contributed by atoms with van der Waals surface area (Å²) in [5, 5.41) is 15.4. The minimum Gasteiger partial charge on any atom is -0.489 e. The SMILES string of the molecule is Cc1nc2cc3nn2c(c1[C@H](OC(C)(C)C)C(=O)O)N1CCC(C)(CC1)OC/C=C/COc1cc(F)ccc1-c1cccc-3c1. The quantitative estimate of drug-likeness (QED) is 0.252. The molecule has 1 N–H and O–H groups in total. The number of hydrogen-bond donors (Lipinski definition) is 1. The Hall–Kier alpha value is -4.28. The molecule has 2 aromatic heterocycles. The highest BCUT2D eigenvalue weighted by Gasteiger charge is 2.37. The van der Waals surface area contributed by atoms with Gasteiger partial charge in [0.2, 0.25) is 0 Å². The highest BCUT2D eigenvalue weighted by atomic mass is 19.1. The summed E-state index contributed by atoms with van der Waals surface area (Å²) in [6, 6.07) is 14.3. The van der Waals surface area contributed by atoms with Crippen LogP contribution in [0.4, 0.5) is 10.2 Å². The molecule has 2 aromatic carbocycles. The second-order valence-electron chi connectivity index (χ2n) is 12.9. The van der Waals surface area contributed by atoms with Gasteiger partial charge in [-0.1, -0.05) is 24.3 Å². The van der Waals surface area contributed by atoms with E-state index in [-0.39, 0.29) is 18.0 Å². The van der Waals surface area contributed by atoms with Crippen LogP contribution in [-0.4, -0.2) is 63.2 Å². The van der Waals surface area contributed by atoms with Crippen LogP contribution >= 0.6 is 0 Å². The first-order valence-electron chi connectivity index (χ1n) is 15.3. The minimum atomic E-state index is -1.25. The van der Waals surface area contributed by atoms with Crippen molar-refractivity contribution >= 4 is 17.4 Å². The minimum absolute atomic E-state index is 0.271. The standard InChI is InChI=1S/C35H39FN4O5/c1-22-30(31(33(41)42)45-34(2,3)4)32-39-15-13-35(5,14-16-39)44-18-7-6-17-43-28-20-25(36)11-12-26(28)23-9-8-10-24(19-23)27-21-29(37-22)40(32)38-27/h6-12,19-21,31H,13-18H2,1-5H3,(H,41,42)/b7-6+/t31-/m0/s1. The van der Waals surface area contributed by atoms with Crippen LogP contribution in [0.5, 0.6) is 5.75 Å². The van der Waals surface area contributed by atoms with Gasteiger partial charge in [-0.3, -0.25) is 0 Å². The monoisotopic (exact) mass is 614 g/mol. The fourth-order valence-corrected chi connectivity index (χ4v) is 6.01. The molecule has 0 radical (unpaired) electrons. The molecule has 6 bridgehead atoms. The summed E-state index contributed by atoms with van der Waals surface area (Å²) in [7, 11) is 0. The lowest BCUT2D eigenvalue weighted by Crippen LogP contribution is -2.45. The van der Waals surface area contributed by atoms with Crippen LogP contribution in [0.2, 0.25) is 0 Å². The summed E-state index contributed by atoms with van der Waals surface area (Å²) in [5.74, 6) is -0.373. The summed E-state index contributed by atoms with van der Waals surface area (Å²) in [6.07, 6.45) is 4.00. The van der Waals surface area contributed by atoms with Crippen molar-refractivity contribution in [3.8, 4) is 28.1 Å². The molecule has 9 nitrogen and oxygen atoms in total. The Kier molecular flexibility index (Phi) is 8.13. The number of carboxylic acid groups (broad SMARTS) is 1. The van der Waals surface area contributed by atoms with Crippen LogP contribution < -0.4 is 9.64 Å². The Morgan fingerprint density at radius 3 is 2.53 bits per heavy atom. The Morgan fingerprint density at radius 2 is 1.80 bits per heavy atom. The van der Waals surface area contributed by atoms with Crippen molar-refractivity contribution in [1.29, 1.82) is 0 Å². The van der Waals surface area contributed by atoms with Gasteiger partial charge in [-0.15, -0.1) is 0 Å². The molecule has 5 heterocycles. The summed E-state index contributed by atoms with van der Waals surface area (Å²) >= 11 is 0. The highest BCUT2D eigenvalue weighted by molar-refractivity contribution is 5.80. The number of carbonyl (C=O) groups is 1. The van der Waals surface area contributed by atoms with Gasteiger partial charge in [0.1, 0.15) is 24.0 Å². The number of piperidine rings is 1. The third kappa shape index (κ3) is 6.43. The van der Waals surface area contributed by atoms with E-state index < -0.39 is 17.7 Å². The van der Waals surface area contributed by atoms with E-state index in [4.69, 9.17) is 24.3 Å². The van der Waals surface area contributed by atoms with Gasteiger partial charge in [0.15, 0.2) is 11.8 Å². The van der Waals surface area contributed by atoms with Crippen LogP contribution in [0.15, 0.2) is 60.7 Å². The second kappa shape index (κ2) is 11.9. The number of aliphatic carboxylic acids is 1. The van der Waals surface area contributed by atoms with Crippen LogP contribution in [0.3, 0.4) is 0 Å². The zero-order valence-electron chi connectivity index (χ0n) is 26.3. The summed E-state index contributed by atoms with van der Waals surface area (Å²) in [6.45, 7) is 11.4. The maximum atomic E-state index is 14.3. The van der Waals surface area contributed by atoms with E-state index in [2.05, 4.69) is 11.8 Å². The average Bonchev–Trinajstić information content (AvgIpc) is 3.40. The Labute approximate surface area is 262 Å². The first-order chi connectivity index (χ1) is 21.4. The van der Waals surface area contributed by atoms with Gasteiger partial charge < -0.3 is 24.2 Å². The number of carboxylic acids is 1. The fourth-order valence-electron chi connectivity index (χ4n) is 6.01.